The molecule has 1 aliphatic heterocycles. The lowest BCUT2D eigenvalue weighted by Gasteiger charge is -2.37. The van der Waals surface area contributed by atoms with Crippen molar-refractivity contribution in [2.45, 2.75) is 70.4 Å². The highest BCUT2D eigenvalue weighted by atomic mass is 35.5. The number of hydrogen-bond donors (Lipinski definition) is 1. The zero-order valence-corrected chi connectivity index (χ0v) is 21.7. The Morgan fingerprint density at radius 2 is 1.73 bits per heavy atom. The van der Waals surface area contributed by atoms with Crippen molar-refractivity contribution >= 4 is 33.6 Å². The van der Waals surface area contributed by atoms with E-state index in [1.54, 1.807) is 4.90 Å². The maximum absolute atomic E-state index is 13.6. The normalized spacial score (nSPS) is 16.8. The third-order valence-electron chi connectivity index (χ3n) is 5.50. The van der Waals surface area contributed by atoms with Crippen molar-refractivity contribution in [3.05, 3.63) is 29.3 Å². The molecule has 8 nitrogen and oxygen atoms in total. The highest BCUT2D eigenvalue weighted by Gasteiger charge is 2.38. The quantitative estimate of drug-likeness (QED) is 0.581. The van der Waals surface area contributed by atoms with E-state index in [9.17, 15) is 18.0 Å². The lowest BCUT2D eigenvalue weighted by Crippen LogP contribution is -2.51. The molecule has 33 heavy (non-hydrogen) atoms. The van der Waals surface area contributed by atoms with Crippen LogP contribution >= 0.6 is 11.6 Å². The zero-order chi connectivity index (χ0) is 25.0. The summed E-state index contributed by atoms with van der Waals surface area (Å²) in [5, 5.41) is 0.420. The van der Waals surface area contributed by atoms with E-state index >= 15 is 0 Å². The first-order chi connectivity index (χ1) is 15.2. The van der Waals surface area contributed by atoms with Crippen molar-refractivity contribution < 1.29 is 22.7 Å². The Bertz CT molecular complexity index is 920. The molecule has 2 rings (SSSR count). The number of piperidine rings is 1. The molecule has 1 saturated heterocycles. The monoisotopic (exact) mass is 501 g/mol. The number of ether oxygens (including phenoxy) is 1. The first-order valence-electron chi connectivity index (χ1n) is 11.3. The van der Waals surface area contributed by atoms with Crippen molar-refractivity contribution in [3.63, 3.8) is 0 Å². The van der Waals surface area contributed by atoms with Gasteiger partial charge < -0.3 is 15.4 Å². The molecule has 0 aliphatic carbocycles. The van der Waals surface area contributed by atoms with Gasteiger partial charge in [0.25, 0.3) is 0 Å². The molecule has 10 heteroatoms. The Kier molecular flexibility index (Phi) is 9.18. The molecule has 1 unspecified atom stereocenters. The minimum Gasteiger partial charge on any atom is -0.444 e. The summed E-state index contributed by atoms with van der Waals surface area (Å²) in [6.07, 6.45) is 1.14. The number of sulfonamides is 1. The van der Waals surface area contributed by atoms with Crippen LogP contribution in [0.15, 0.2) is 29.2 Å². The number of carbonyl (C=O) groups excluding carboxylic acids is 2. The summed E-state index contributed by atoms with van der Waals surface area (Å²) in [6.45, 7) is 10.3. The van der Waals surface area contributed by atoms with Gasteiger partial charge in [-0.05, 0) is 76.1 Å². The van der Waals surface area contributed by atoms with E-state index < -0.39 is 27.6 Å². The molecule has 2 N–H and O–H groups in total. The van der Waals surface area contributed by atoms with Crippen molar-refractivity contribution in [1.29, 1.82) is 0 Å². The summed E-state index contributed by atoms with van der Waals surface area (Å²) in [6, 6.07) is 4.92. The predicted molar refractivity (Wildman–Crippen MR) is 128 cm³/mol. The molecule has 1 atom stereocenters. The molecule has 2 amide bonds. The molecule has 1 aromatic rings. The topological polar surface area (TPSA) is 110 Å². The molecule has 0 bridgehead atoms. The van der Waals surface area contributed by atoms with Crippen LogP contribution in [0.2, 0.25) is 5.02 Å². The maximum atomic E-state index is 13.6. The van der Waals surface area contributed by atoms with Gasteiger partial charge in [0.2, 0.25) is 15.9 Å². The van der Waals surface area contributed by atoms with E-state index in [1.165, 1.54) is 28.6 Å². The van der Waals surface area contributed by atoms with Crippen LogP contribution in [0.5, 0.6) is 0 Å². The van der Waals surface area contributed by atoms with Gasteiger partial charge in [0, 0.05) is 24.7 Å². The van der Waals surface area contributed by atoms with E-state index in [0.29, 0.717) is 37.4 Å². The van der Waals surface area contributed by atoms with E-state index in [0.717, 1.165) is 0 Å². The van der Waals surface area contributed by atoms with Gasteiger partial charge in [-0.1, -0.05) is 25.4 Å². The fourth-order valence-electron chi connectivity index (χ4n) is 3.84. The average molecular weight is 502 g/mol. The molecule has 1 fully saturated rings. The fourth-order valence-corrected chi connectivity index (χ4v) is 5.64. The number of nitrogens with two attached hydrogens (primary N) is 1. The first-order valence-corrected chi connectivity index (χ1v) is 13.1. The number of benzene rings is 1. The van der Waals surface area contributed by atoms with Gasteiger partial charge in [0.1, 0.15) is 11.6 Å². The van der Waals surface area contributed by atoms with Crippen LogP contribution in [0.25, 0.3) is 0 Å². The molecule has 1 heterocycles. The van der Waals surface area contributed by atoms with E-state index in [4.69, 9.17) is 22.1 Å². The standard InChI is InChI=1S/C23H36ClN3O5S/c1-16(2)14-20(21(25)28)27(33(30,31)19-8-6-18(24)7-9-19)15-17-10-12-26(13-11-17)22(29)32-23(3,4)5/h6-9,16-17,20H,10-15H2,1-5H3,(H2,25,28). The molecular formula is C23H36ClN3O5S. The van der Waals surface area contributed by atoms with Gasteiger partial charge in [-0.25, -0.2) is 13.2 Å². The fraction of sp³-hybridized carbons (Fsp3) is 0.652. The average Bonchev–Trinajstić information content (AvgIpc) is 2.69. The Balaban J connectivity index is 2.24. The third-order valence-corrected chi connectivity index (χ3v) is 7.64. The molecule has 0 saturated carbocycles. The summed E-state index contributed by atoms with van der Waals surface area (Å²) in [5.74, 6) is -0.633. The Labute approximate surface area is 202 Å². The number of rotatable bonds is 8. The number of carbonyl (C=O) groups is 2. The Morgan fingerprint density at radius 1 is 1.18 bits per heavy atom. The predicted octanol–water partition coefficient (Wildman–Crippen LogP) is 3.88. The van der Waals surface area contributed by atoms with E-state index in [2.05, 4.69) is 0 Å². The van der Waals surface area contributed by atoms with Crippen LogP contribution in [0.3, 0.4) is 0 Å². The zero-order valence-electron chi connectivity index (χ0n) is 20.1. The van der Waals surface area contributed by atoms with Crippen molar-refractivity contribution in [2.24, 2.45) is 17.6 Å². The molecule has 1 aromatic carbocycles. The summed E-state index contributed by atoms with van der Waals surface area (Å²) < 4.78 is 33.8. The van der Waals surface area contributed by atoms with E-state index in [1.807, 2.05) is 34.6 Å². The van der Waals surface area contributed by atoms with Crippen LogP contribution in [-0.4, -0.2) is 60.9 Å². The SMILES string of the molecule is CC(C)CC(C(N)=O)N(CC1CCN(C(=O)OC(C)(C)C)CC1)S(=O)(=O)c1ccc(Cl)cc1. The molecule has 186 valence electrons. The van der Waals surface area contributed by atoms with Gasteiger partial charge in [-0.3, -0.25) is 4.79 Å². The number of amides is 2. The Morgan fingerprint density at radius 3 is 2.18 bits per heavy atom. The molecule has 0 aromatic heterocycles. The number of halogens is 1. The summed E-state index contributed by atoms with van der Waals surface area (Å²) in [7, 11) is -3.99. The maximum Gasteiger partial charge on any atom is 0.410 e. The van der Waals surface area contributed by atoms with Gasteiger partial charge in [-0.15, -0.1) is 0 Å². The minimum atomic E-state index is -3.99. The largest absolute Gasteiger partial charge is 0.444 e. The first kappa shape index (κ1) is 27.4. The van der Waals surface area contributed by atoms with Crippen LogP contribution in [0.4, 0.5) is 4.79 Å². The van der Waals surface area contributed by atoms with Crippen LogP contribution in [-0.2, 0) is 19.6 Å². The van der Waals surface area contributed by atoms with Crippen LogP contribution in [0, 0.1) is 11.8 Å². The second-order valence-corrected chi connectivity index (χ2v) is 12.3. The molecule has 0 radical (unpaired) electrons. The van der Waals surface area contributed by atoms with E-state index in [-0.39, 0.29) is 29.4 Å². The van der Waals surface area contributed by atoms with Gasteiger partial charge in [0.05, 0.1) is 4.90 Å². The molecular weight excluding hydrogens is 466 g/mol. The van der Waals surface area contributed by atoms with Crippen molar-refractivity contribution in [2.75, 3.05) is 19.6 Å². The highest BCUT2D eigenvalue weighted by Crippen LogP contribution is 2.28. The molecule has 0 spiro atoms. The summed E-state index contributed by atoms with van der Waals surface area (Å²) in [4.78, 5) is 26.4. The lowest BCUT2D eigenvalue weighted by molar-refractivity contribution is -0.122. The second-order valence-electron chi connectivity index (χ2n) is 9.99. The Hall–Kier alpha value is -1.84. The van der Waals surface area contributed by atoms with Crippen LogP contribution in [0.1, 0.15) is 53.9 Å². The highest BCUT2D eigenvalue weighted by molar-refractivity contribution is 7.89. The number of nitrogens with zero attached hydrogens (tertiary/aromatic N) is 2. The smallest absolute Gasteiger partial charge is 0.410 e. The lowest BCUT2D eigenvalue weighted by atomic mass is 9.95. The number of primary amides is 1. The summed E-state index contributed by atoms with van der Waals surface area (Å²) >= 11 is 5.93. The summed E-state index contributed by atoms with van der Waals surface area (Å²) in [5.41, 5.74) is 5.09. The van der Waals surface area contributed by atoms with Gasteiger partial charge in [-0.2, -0.15) is 4.31 Å². The number of likely N-dealkylation sites (tertiary alicyclic amines) is 1. The van der Waals surface area contributed by atoms with Crippen molar-refractivity contribution in [3.8, 4) is 0 Å². The van der Waals surface area contributed by atoms with Gasteiger partial charge >= 0.3 is 6.09 Å². The molecule has 1 aliphatic rings. The minimum absolute atomic E-state index is 0.0280. The second kappa shape index (κ2) is 11.1. The van der Waals surface area contributed by atoms with Crippen LogP contribution < -0.4 is 5.73 Å². The third kappa shape index (κ3) is 7.86. The van der Waals surface area contributed by atoms with Crippen molar-refractivity contribution in [1.82, 2.24) is 9.21 Å². The van der Waals surface area contributed by atoms with Gasteiger partial charge in [0.15, 0.2) is 0 Å². The number of hydrogen-bond acceptors (Lipinski definition) is 5.